The first-order valence-corrected chi connectivity index (χ1v) is 6.73. The summed E-state index contributed by atoms with van der Waals surface area (Å²) in [5.41, 5.74) is 1.35. The van der Waals surface area contributed by atoms with Crippen LogP contribution >= 0.6 is 0 Å². The van der Waals surface area contributed by atoms with Crippen molar-refractivity contribution in [1.29, 1.82) is 0 Å². The third-order valence-corrected chi connectivity index (χ3v) is 2.96. The summed E-state index contributed by atoms with van der Waals surface area (Å²) in [7, 11) is 0. The van der Waals surface area contributed by atoms with E-state index in [9.17, 15) is 9.18 Å². The highest BCUT2D eigenvalue weighted by molar-refractivity contribution is 5.91. The Balaban J connectivity index is 1.57. The summed E-state index contributed by atoms with van der Waals surface area (Å²) < 4.78 is 20.0. The third kappa shape index (κ3) is 3.67. The molecule has 0 unspecified atom stereocenters. The lowest BCUT2D eigenvalue weighted by molar-refractivity contribution is -0.118. The highest BCUT2D eigenvalue weighted by Crippen LogP contribution is 2.16. The molecule has 0 saturated carbocycles. The number of carbonyl (C=O) groups is 1. The van der Waals surface area contributed by atoms with E-state index in [-0.39, 0.29) is 18.3 Å². The summed E-state index contributed by atoms with van der Waals surface area (Å²) in [4.78, 5) is 11.8. The summed E-state index contributed by atoms with van der Waals surface area (Å²) in [6.45, 7) is -0.282. The molecule has 0 bridgehead atoms. The van der Waals surface area contributed by atoms with Crippen molar-refractivity contribution in [3.05, 3.63) is 60.7 Å². The Bertz CT molecular complexity index is 790. The van der Waals surface area contributed by atoms with E-state index in [1.165, 1.54) is 23.1 Å². The number of benzene rings is 2. The fourth-order valence-electron chi connectivity index (χ4n) is 1.88. The van der Waals surface area contributed by atoms with Crippen LogP contribution in [-0.2, 0) is 4.79 Å². The second-order valence-corrected chi connectivity index (χ2v) is 4.57. The van der Waals surface area contributed by atoms with E-state index in [0.29, 0.717) is 5.69 Å². The van der Waals surface area contributed by atoms with Crippen LogP contribution < -0.4 is 10.1 Å². The van der Waals surface area contributed by atoms with Gasteiger partial charge in [0.25, 0.3) is 5.91 Å². The smallest absolute Gasteiger partial charge is 0.262 e. The van der Waals surface area contributed by atoms with Crippen LogP contribution in [0.2, 0.25) is 0 Å². The van der Waals surface area contributed by atoms with E-state index in [1.807, 2.05) is 0 Å². The molecule has 3 aromatic rings. The van der Waals surface area contributed by atoms with Crippen molar-refractivity contribution in [3.8, 4) is 11.4 Å². The number of nitrogens with zero attached hydrogens (tertiary/aromatic N) is 4. The van der Waals surface area contributed by atoms with E-state index < -0.39 is 5.82 Å². The molecule has 23 heavy (non-hydrogen) atoms. The maximum absolute atomic E-state index is 13.4. The highest BCUT2D eigenvalue weighted by Gasteiger charge is 2.07. The standard InChI is InChI=1S/C15H12FN5O2/c16-13-3-1-2-4-14(13)23-9-15(22)18-11-5-7-12(8-6-11)21-10-17-19-20-21/h1-8,10H,9H2,(H,18,22). The predicted octanol–water partition coefficient (Wildman–Crippen LogP) is 1.82. The molecular weight excluding hydrogens is 301 g/mol. The number of hydrogen-bond donors (Lipinski definition) is 1. The van der Waals surface area contributed by atoms with Crippen molar-refractivity contribution in [2.45, 2.75) is 0 Å². The summed E-state index contributed by atoms with van der Waals surface area (Å²) >= 11 is 0. The number of nitrogens with one attached hydrogen (secondary N) is 1. The quantitative estimate of drug-likeness (QED) is 0.777. The molecule has 0 radical (unpaired) electrons. The largest absolute Gasteiger partial charge is 0.481 e. The number of anilines is 1. The predicted molar refractivity (Wildman–Crippen MR) is 79.7 cm³/mol. The summed E-state index contributed by atoms with van der Waals surface area (Å²) in [6, 6.07) is 12.8. The van der Waals surface area contributed by atoms with Gasteiger partial charge in [-0.3, -0.25) is 4.79 Å². The van der Waals surface area contributed by atoms with Crippen molar-refractivity contribution in [3.63, 3.8) is 0 Å². The Hall–Kier alpha value is -3.29. The van der Waals surface area contributed by atoms with Gasteiger partial charge in [0.2, 0.25) is 0 Å². The minimum absolute atomic E-state index is 0.0386. The Labute approximate surface area is 130 Å². The van der Waals surface area contributed by atoms with Crippen molar-refractivity contribution < 1.29 is 13.9 Å². The van der Waals surface area contributed by atoms with Crippen LogP contribution in [0.4, 0.5) is 10.1 Å². The van der Waals surface area contributed by atoms with Crippen LogP contribution in [0, 0.1) is 5.82 Å². The first-order chi connectivity index (χ1) is 11.2. The number of amides is 1. The molecule has 7 nitrogen and oxygen atoms in total. The van der Waals surface area contributed by atoms with Crippen molar-refractivity contribution >= 4 is 11.6 Å². The molecule has 0 spiro atoms. The normalized spacial score (nSPS) is 10.3. The van der Waals surface area contributed by atoms with Crippen LogP contribution in [0.25, 0.3) is 5.69 Å². The Kier molecular flexibility index (Phi) is 4.23. The van der Waals surface area contributed by atoms with Crippen LogP contribution in [0.3, 0.4) is 0 Å². The van der Waals surface area contributed by atoms with Gasteiger partial charge in [0.05, 0.1) is 5.69 Å². The number of ether oxygens (including phenoxy) is 1. The molecule has 1 aromatic heterocycles. The lowest BCUT2D eigenvalue weighted by Crippen LogP contribution is -2.20. The molecule has 2 aromatic carbocycles. The van der Waals surface area contributed by atoms with Crippen LogP contribution in [0.1, 0.15) is 0 Å². The zero-order chi connectivity index (χ0) is 16.1. The van der Waals surface area contributed by atoms with Crippen molar-refractivity contribution in [2.75, 3.05) is 11.9 Å². The fraction of sp³-hybridized carbons (Fsp3) is 0.0667. The monoisotopic (exact) mass is 313 g/mol. The Morgan fingerprint density at radius 1 is 1.17 bits per heavy atom. The second kappa shape index (κ2) is 6.65. The van der Waals surface area contributed by atoms with Gasteiger partial charge in [0.15, 0.2) is 18.2 Å². The van der Waals surface area contributed by atoms with Gasteiger partial charge in [-0.05, 0) is 46.8 Å². The first kappa shape index (κ1) is 14.6. The molecule has 0 aliphatic carbocycles. The average molecular weight is 313 g/mol. The molecule has 0 aliphatic heterocycles. The van der Waals surface area contributed by atoms with Gasteiger partial charge in [-0.15, -0.1) is 5.10 Å². The number of tetrazole rings is 1. The maximum atomic E-state index is 13.4. The number of para-hydroxylation sites is 1. The number of halogens is 1. The highest BCUT2D eigenvalue weighted by atomic mass is 19.1. The molecule has 0 aliphatic rings. The van der Waals surface area contributed by atoms with E-state index >= 15 is 0 Å². The summed E-state index contributed by atoms with van der Waals surface area (Å²) in [6.07, 6.45) is 1.47. The number of carbonyl (C=O) groups excluding carboxylic acids is 1. The van der Waals surface area contributed by atoms with Crippen LogP contribution in [0.15, 0.2) is 54.9 Å². The van der Waals surface area contributed by atoms with E-state index in [2.05, 4.69) is 20.8 Å². The van der Waals surface area contributed by atoms with Gasteiger partial charge in [-0.2, -0.15) is 0 Å². The van der Waals surface area contributed by atoms with Gasteiger partial charge in [0, 0.05) is 5.69 Å². The minimum Gasteiger partial charge on any atom is -0.481 e. The topological polar surface area (TPSA) is 81.9 Å². The molecule has 0 fully saturated rings. The van der Waals surface area contributed by atoms with Gasteiger partial charge >= 0.3 is 0 Å². The number of hydrogen-bond acceptors (Lipinski definition) is 5. The SMILES string of the molecule is O=C(COc1ccccc1F)Nc1ccc(-n2cnnn2)cc1. The lowest BCUT2D eigenvalue weighted by atomic mass is 10.3. The van der Waals surface area contributed by atoms with Crippen LogP contribution in [-0.4, -0.2) is 32.7 Å². The lowest BCUT2D eigenvalue weighted by Gasteiger charge is -2.08. The number of rotatable bonds is 5. The van der Waals surface area contributed by atoms with Gasteiger partial charge in [-0.1, -0.05) is 12.1 Å². The molecule has 0 atom stereocenters. The Morgan fingerprint density at radius 2 is 1.96 bits per heavy atom. The zero-order valence-corrected chi connectivity index (χ0v) is 11.9. The average Bonchev–Trinajstić information content (AvgIpc) is 3.09. The second-order valence-electron chi connectivity index (χ2n) is 4.57. The molecule has 3 rings (SSSR count). The first-order valence-electron chi connectivity index (χ1n) is 6.73. The zero-order valence-electron chi connectivity index (χ0n) is 11.9. The van der Waals surface area contributed by atoms with Gasteiger partial charge < -0.3 is 10.1 Å². The maximum Gasteiger partial charge on any atom is 0.262 e. The number of aromatic nitrogens is 4. The van der Waals surface area contributed by atoms with Gasteiger partial charge in [-0.25, -0.2) is 9.07 Å². The van der Waals surface area contributed by atoms with Crippen molar-refractivity contribution in [2.24, 2.45) is 0 Å². The third-order valence-electron chi connectivity index (χ3n) is 2.96. The molecule has 1 heterocycles. The minimum atomic E-state index is -0.508. The fourth-order valence-corrected chi connectivity index (χ4v) is 1.88. The Morgan fingerprint density at radius 3 is 2.65 bits per heavy atom. The molecular formula is C15H12FN5O2. The molecule has 1 amide bonds. The summed E-state index contributed by atoms with van der Waals surface area (Å²) in [5.74, 6) is -0.855. The molecule has 116 valence electrons. The molecule has 1 N–H and O–H groups in total. The summed E-state index contributed by atoms with van der Waals surface area (Å²) in [5, 5.41) is 13.5. The van der Waals surface area contributed by atoms with Gasteiger partial charge in [0.1, 0.15) is 6.33 Å². The van der Waals surface area contributed by atoms with Crippen molar-refractivity contribution in [1.82, 2.24) is 20.2 Å². The van der Waals surface area contributed by atoms with Crippen LogP contribution in [0.5, 0.6) is 5.75 Å². The molecule has 8 heteroatoms. The van der Waals surface area contributed by atoms with E-state index in [4.69, 9.17) is 4.74 Å². The van der Waals surface area contributed by atoms with E-state index in [0.717, 1.165) is 5.69 Å². The molecule has 0 saturated heterocycles. The van der Waals surface area contributed by atoms with E-state index in [1.54, 1.807) is 36.4 Å².